The van der Waals surface area contributed by atoms with Crippen LogP contribution in [0.4, 0.5) is 29.3 Å². The maximum Gasteiger partial charge on any atom is 0.416 e. The first-order valence-electron chi connectivity index (χ1n) is 11.5. The maximum absolute atomic E-state index is 13.5. The second kappa shape index (κ2) is 11.2. The van der Waals surface area contributed by atoms with Crippen molar-refractivity contribution in [2.75, 3.05) is 30.9 Å². The van der Waals surface area contributed by atoms with Gasteiger partial charge in [-0.3, -0.25) is 0 Å². The van der Waals surface area contributed by atoms with E-state index in [0.717, 1.165) is 60.6 Å². The summed E-state index contributed by atoms with van der Waals surface area (Å²) in [5.74, 6) is 1.16. The van der Waals surface area contributed by atoms with E-state index < -0.39 is 17.6 Å². The zero-order valence-corrected chi connectivity index (χ0v) is 19.3. The smallest absolute Gasteiger partial charge is 0.362 e. The topological polar surface area (TPSA) is 53.1 Å². The second-order valence-electron chi connectivity index (χ2n) is 9.07. The summed E-state index contributed by atoms with van der Waals surface area (Å²) in [6, 6.07) is 10.8. The average molecular weight is 492 g/mol. The Kier molecular flexibility index (Phi) is 8.53. The summed E-state index contributed by atoms with van der Waals surface area (Å²) < 4.78 is 53.0. The monoisotopic (exact) mass is 491 g/mol. The number of hydrogen-bond acceptors (Lipinski definition) is 5. The number of benzene rings is 2. The number of para-hydroxylation sites is 1. The Labute approximate surface area is 204 Å². The highest BCUT2D eigenvalue weighted by Gasteiger charge is 2.33. The van der Waals surface area contributed by atoms with E-state index in [1.165, 1.54) is 0 Å². The van der Waals surface area contributed by atoms with Crippen molar-refractivity contribution in [3.8, 4) is 0 Å². The van der Waals surface area contributed by atoms with Gasteiger partial charge in [0.2, 0.25) is 5.95 Å². The van der Waals surface area contributed by atoms with Gasteiger partial charge in [-0.1, -0.05) is 19.6 Å². The number of aromatic nitrogens is 2. The van der Waals surface area contributed by atoms with Crippen LogP contribution in [0.15, 0.2) is 42.5 Å². The highest BCUT2D eigenvalue weighted by atomic mass is 19.4. The Morgan fingerprint density at radius 2 is 1.71 bits per heavy atom. The van der Waals surface area contributed by atoms with E-state index in [0.29, 0.717) is 18.4 Å². The normalized spacial score (nSPS) is 18.2. The molecule has 1 aliphatic carbocycles. The molecule has 1 heterocycles. The Bertz CT molecular complexity index is 1120. The molecule has 0 saturated heterocycles. The molecular weight excluding hydrogens is 458 g/mol. The summed E-state index contributed by atoms with van der Waals surface area (Å²) in [5.41, 5.74) is 0.0342. The molecule has 1 fully saturated rings. The molecule has 1 saturated carbocycles. The van der Waals surface area contributed by atoms with Crippen molar-refractivity contribution in [2.45, 2.75) is 51.9 Å². The summed E-state index contributed by atoms with van der Waals surface area (Å²) in [4.78, 5) is 11.3. The summed E-state index contributed by atoms with van der Waals surface area (Å²) in [5, 5.41) is 7.56. The first-order valence-corrected chi connectivity index (χ1v) is 11.5. The molecule has 1 aliphatic rings. The van der Waals surface area contributed by atoms with Crippen LogP contribution in [0.5, 0.6) is 0 Å². The van der Waals surface area contributed by atoms with E-state index in [1.807, 2.05) is 43.3 Å². The fourth-order valence-corrected chi connectivity index (χ4v) is 4.55. The van der Waals surface area contributed by atoms with Gasteiger partial charge in [-0.25, -0.2) is 9.37 Å². The fraction of sp³-hybridized carbons (Fsp3) is 0.462. The Morgan fingerprint density at radius 1 is 1.00 bits per heavy atom. The Morgan fingerprint density at radius 3 is 2.40 bits per heavy atom. The number of nitrogens with zero attached hydrogens (tertiary/aromatic N) is 3. The van der Waals surface area contributed by atoms with E-state index in [9.17, 15) is 17.6 Å². The fourth-order valence-electron chi connectivity index (χ4n) is 4.55. The first kappa shape index (κ1) is 26.7. The van der Waals surface area contributed by atoms with Crippen molar-refractivity contribution in [2.24, 2.45) is 5.92 Å². The van der Waals surface area contributed by atoms with Gasteiger partial charge in [0.05, 0.1) is 11.1 Å². The van der Waals surface area contributed by atoms with Crippen molar-refractivity contribution in [1.29, 1.82) is 0 Å². The van der Waals surface area contributed by atoms with Gasteiger partial charge in [-0.05, 0) is 74.0 Å². The average Bonchev–Trinajstić information content (AvgIpc) is 2.79. The van der Waals surface area contributed by atoms with E-state index in [1.54, 1.807) is 0 Å². The van der Waals surface area contributed by atoms with Crippen LogP contribution in [0.3, 0.4) is 0 Å². The molecule has 4 rings (SSSR count). The molecule has 0 atom stereocenters. The number of hydrogen-bond donors (Lipinski definition) is 2. The molecule has 2 aromatic carbocycles. The number of fused-ring (bicyclic) bond motifs is 1. The Balaban J connectivity index is 0.00000342. The van der Waals surface area contributed by atoms with Gasteiger partial charge >= 0.3 is 6.18 Å². The first-order chi connectivity index (χ1) is 16.2. The van der Waals surface area contributed by atoms with Crippen LogP contribution < -0.4 is 15.5 Å². The zero-order chi connectivity index (χ0) is 24.3. The molecule has 1 aromatic heterocycles. The summed E-state index contributed by atoms with van der Waals surface area (Å²) in [7, 11) is 3.91. The lowest BCUT2D eigenvalue weighted by Gasteiger charge is -2.29. The van der Waals surface area contributed by atoms with Crippen molar-refractivity contribution in [3.05, 3.63) is 59.4 Å². The summed E-state index contributed by atoms with van der Waals surface area (Å²) in [6.07, 6.45) is -0.769. The summed E-state index contributed by atoms with van der Waals surface area (Å²) >= 11 is 0. The lowest BCUT2D eigenvalue weighted by atomic mass is 9.86. The van der Waals surface area contributed by atoms with Gasteiger partial charge < -0.3 is 15.5 Å². The SMILES string of the molecule is C.CN(C)c1nc(NC2CCC(CNCc3cc(F)ccc3C(F)(F)F)CC2)nc2ccccc12. The molecule has 0 unspecified atom stereocenters. The minimum atomic E-state index is -4.49. The van der Waals surface area contributed by atoms with Crippen LogP contribution >= 0.6 is 0 Å². The number of halogens is 4. The molecule has 9 heteroatoms. The molecule has 0 radical (unpaired) electrons. The predicted molar refractivity (Wildman–Crippen MR) is 133 cm³/mol. The van der Waals surface area contributed by atoms with Crippen LogP contribution in [0.25, 0.3) is 10.9 Å². The van der Waals surface area contributed by atoms with Crippen LogP contribution in [0.2, 0.25) is 0 Å². The van der Waals surface area contributed by atoms with Crippen molar-refractivity contribution < 1.29 is 17.6 Å². The van der Waals surface area contributed by atoms with Crippen LogP contribution in [0, 0.1) is 11.7 Å². The number of rotatable bonds is 7. The van der Waals surface area contributed by atoms with Crippen molar-refractivity contribution >= 4 is 22.7 Å². The third-order valence-electron chi connectivity index (χ3n) is 6.31. The van der Waals surface area contributed by atoms with E-state index in [-0.39, 0.29) is 25.6 Å². The minimum Gasteiger partial charge on any atom is -0.362 e. The highest BCUT2D eigenvalue weighted by molar-refractivity contribution is 5.90. The van der Waals surface area contributed by atoms with E-state index in [2.05, 4.69) is 15.6 Å². The molecule has 0 bridgehead atoms. The predicted octanol–water partition coefficient (Wildman–Crippen LogP) is 6.25. The quantitative estimate of drug-likeness (QED) is 0.383. The standard InChI is InChI=1S/C25H29F4N5.CH4/c1-34(2)23-20-5-3-4-6-22(20)32-24(33-23)31-19-10-7-16(8-11-19)14-30-15-17-13-18(26)9-12-21(17)25(27,28)29;/h3-6,9,12-13,16,19,30H,7-8,10-11,14-15H2,1-2H3,(H,31,32,33);1H4. The third-order valence-corrected chi connectivity index (χ3v) is 6.31. The molecule has 3 aromatic rings. The lowest BCUT2D eigenvalue weighted by Crippen LogP contribution is -2.32. The van der Waals surface area contributed by atoms with Gasteiger partial charge in [-0.15, -0.1) is 0 Å². The van der Waals surface area contributed by atoms with Gasteiger partial charge in [0.25, 0.3) is 0 Å². The largest absolute Gasteiger partial charge is 0.416 e. The van der Waals surface area contributed by atoms with Crippen LogP contribution in [-0.2, 0) is 12.7 Å². The van der Waals surface area contributed by atoms with Gasteiger partial charge in [-0.2, -0.15) is 18.2 Å². The second-order valence-corrected chi connectivity index (χ2v) is 9.07. The minimum absolute atomic E-state index is 0. The third kappa shape index (κ3) is 6.60. The molecule has 5 nitrogen and oxygen atoms in total. The van der Waals surface area contributed by atoms with E-state index in [4.69, 9.17) is 4.98 Å². The molecule has 35 heavy (non-hydrogen) atoms. The molecule has 2 N–H and O–H groups in total. The molecular formula is C26H33F4N5. The van der Waals surface area contributed by atoms with Gasteiger partial charge in [0, 0.05) is 32.1 Å². The van der Waals surface area contributed by atoms with Gasteiger partial charge in [0.15, 0.2) is 0 Å². The molecule has 0 aliphatic heterocycles. The maximum atomic E-state index is 13.5. The van der Waals surface area contributed by atoms with Crippen molar-refractivity contribution in [1.82, 2.24) is 15.3 Å². The van der Waals surface area contributed by atoms with Crippen molar-refractivity contribution in [3.63, 3.8) is 0 Å². The zero-order valence-electron chi connectivity index (χ0n) is 19.3. The molecule has 0 spiro atoms. The lowest BCUT2D eigenvalue weighted by molar-refractivity contribution is -0.138. The van der Waals surface area contributed by atoms with Crippen LogP contribution in [0.1, 0.15) is 44.2 Å². The van der Waals surface area contributed by atoms with Gasteiger partial charge in [0.1, 0.15) is 11.6 Å². The van der Waals surface area contributed by atoms with Crippen LogP contribution in [-0.4, -0.2) is 36.6 Å². The number of alkyl halides is 3. The molecule has 0 amide bonds. The van der Waals surface area contributed by atoms with E-state index >= 15 is 0 Å². The Hall–Kier alpha value is -2.94. The number of nitrogens with one attached hydrogen (secondary N) is 2. The highest BCUT2D eigenvalue weighted by Crippen LogP contribution is 2.33. The summed E-state index contributed by atoms with van der Waals surface area (Å²) in [6.45, 7) is 0.584. The number of anilines is 2. The molecule has 190 valence electrons.